The van der Waals surface area contributed by atoms with Crippen LogP contribution in [0.4, 0.5) is 11.4 Å². The highest BCUT2D eigenvalue weighted by Gasteiger charge is 2.17. The van der Waals surface area contributed by atoms with Gasteiger partial charge in [0.1, 0.15) is 5.52 Å². The van der Waals surface area contributed by atoms with E-state index in [4.69, 9.17) is 0 Å². The number of aromatic nitrogens is 1. The van der Waals surface area contributed by atoms with Gasteiger partial charge < -0.3 is 10.2 Å². The largest absolute Gasteiger partial charge is 0.380 e. The maximum Gasteiger partial charge on any atom is 0.278 e. The highest BCUT2D eigenvalue weighted by molar-refractivity contribution is 5.96. The van der Waals surface area contributed by atoms with Gasteiger partial charge in [0.25, 0.3) is 5.69 Å². The first-order valence-electron chi connectivity index (χ1n) is 8.16. The predicted molar refractivity (Wildman–Crippen MR) is 91.8 cm³/mol. The molecule has 0 bridgehead atoms. The average Bonchev–Trinajstić information content (AvgIpc) is 2.55. The van der Waals surface area contributed by atoms with E-state index in [0.29, 0.717) is 10.9 Å². The summed E-state index contributed by atoms with van der Waals surface area (Å²) >= 11 is 0. The zero-order chi connectivity index (χ0) is 16.2. The number of likely N-dealkylation sites (tertiary alicyclic amines) is 1. The smallest absolute Gasteiger partial charge is 0.278 e. The molecular formula is C17H22N4O2. The molecule has 1 atom stereocenters. The number of hydrogen-bond acceptors (Lipinski definition) is 5. The van der Waals surface area contributed by atoms with Crippen molar-refractivity contribution < 1.29 is 4.92 Å². The standard InChI is InChI=1S/C17H22N4O2/c1-13(12-20-10-3-2-4-11-20)19-15-7-8-16(21(22)23)14-6-5-9-18-17(14)15/h5-9,13,19H,2-4,10-12H2,1H3. The number of fused-ring (bicyclic) bond motifs is 1. The van der Waals surface area contributed by atoms with Crippen LogP contribution in [0.5, 0.6) is 0 Å². The number of rotatable bonds is 5. The Hall–Kier alpha value is -2.21. The Balaban J connectivity index is 1.80. The topological polar surface area (TPSA) is 71.3 Å². The molecule has 1 aromatic heterocycles. The predicted octanol–water partition coefficient (Wildman–Crippen LogP) is 3.43. The third-order valence-electron chi connectivity index (χ3n) is 4.33. The summed E-state index contributed by atoms with van der Waals surface area (Å²) in [6.07, 6.45) is 5.55. The van der Waals surface area contributed by atoms with Crippen LogP contribution in [0.15, 0.2) is 30.5 Å². The molecule has 1 N–H and O–H groups in total. The fourth-order valence-corrected chi connectivity index (χ4v) is 3.27. The van der Waals surface area contributed by atoms with Crippen molar-refractivity contribution in [1.82, 2.24) is 9.88 Å². The van der Waals surface area contributed by atoms with Gasteiger partial charge in [-0.2, -0.15) is 0 Å². The SMILES string of the molecule is CC(CN1CCCCC1)Nc1ccc([N+](=O)[O-])c2cccnc12. The lowest BCUT2D eigenvalue weighted by molar-refractivity contribution is -0.383. The molecule has 2 aromatic rings. The third-order valence-corrected chi connectivity index (χ3v) is 4.33. The maximum atomic E-state index is 11.2. The quantitative estimate of drug-likeness (QED) is 0.676. The first-order valence-corrected chi connectivity index (χ1v) is 8.16. The zero-order valence-electron chi connectivity index (χ0n) is 13.4. The van der Waals surface area contributed by atoms with Crippen molar-refractivity contribution in [2.45, 2.75) is 32.2 Å². The monoisotopic (exact) mass is 314 g/mol. The van der Waals surface area contributed by atoms with Crippen LogP contribution in [0.3, 0.4) is 0 Å². The van der Waals surface area contributed by atoms with Crippen LogP contribution in [-0.2, 0) is 0 Å². The van der Waals surface area contributed by atoms with Crippen molar-refractivity contribution in [2.24, 2.45) is 0 Å². The molecule has 1 aliphatic heterocycles. The zero-order valence-corrected chi connectivity index (χ0v) is 13.4. The van der Waals surface area contributed by atoms with Crippen molar-refractivity contribution >= 4 is 22.3 Å². The second kappa shape index (κ2) is 6.91. The minimum atomic E-state index is -0.356. The molecule has 0 radical (unpaired) electrons. The lowest BCUT2D eigenvalue weighted by Crippen LogP contribution is -2.38. The summed E-state index contributed by atoms with van der Waals surface area (Å²) in [7, 11) is 0. The summed E-state index contributed by atoms with van der Waals surface area (Å²) < 4.78 is 0. The molecule has 0 aliphatic carbocycles. The number of pyridine rings is 1. The number of nitro benzene ring substituents is 1. The lowest BCUT2D eigenvalue weighted by atomic mass is 10.1. The van der Waals surface area contributed by atoms with Gasteiger partial charge in [0.15, 0.2) is 0 Å². The Morgan fingerprint density at radius 1 is 1.30 bits per heavy atom. The highest BCUT2D eigenvalue weighted by Crippen LogP contribution is 2.30. The van der Waals surface area contributed by atoms with Gasteiger partial charge in [-0.15, -0.1) is 0 Å². The molecule has 3 rings (SSSR count). The molecule has 0 spiro atoms. The second-order valence-electron chi connectivity index (χ2n) is 6.20. The van der Waals surface area contributed by atoms with Gasteiger partial charge in [-0.25, -0.2) is 0 Å². The summed E-state index contributed by atoms with van der Waals surface area (Å²) in [4.78, 5) is 17.6. The molecule has 122 valence electrons. The van der Waals surface area contributed by atoms with E-state index in [1.165, 1.54) is 19.3 Å². The minimum Gasteiger partial charge on any atom is -0.380 e. The van der Waals surface area contributed by atoms with E-state index in [2.05, 4.69) is 22.1 Å². The minimum absolute atomic E-state index is 0.0994. The number of nitrogens with zero attached hydrogens (tertiary/aromatic N) is 3. The molecule has 1 fully saturated rings. The Labute approximate surface area is 135 Å². The maximum absolute atomic E-state index is 11.2. The van der Waals surface area contributed by atoms with Crippen LogP contribution in [0.2, 0.25) is 0 Å². The Kier molecular flexibility index (Phi) is 4.71. The van der Waals surface area contributed by atoms with Gasteiger partial charge in [-0.3, -0.25) is 15.1 Å². The van der Waals surface area contributed by atoms with Crippen LogP contribution in [-0.4, -0.2) is 40.5 Å². The normalized spacial score (nSPS) is 17.1. The lowest BCUT2D eigenvalue weighted by Gasteiger charge is -2.29. The fraction of sp³-hybridized carbons (Fsp3) is 0.471. The number of nitrogens with one attached hydrogen (secondary N) is 1. The van der Waals surface area contributed by atoms with Crippen LogP contribution < -0.4 is 5.32 Å². The van der Waals surface area contributed by atoms with Crippen molar-refractivity contribution in [1.29, 1.82) is 0 Å². The van der Waals surface area contributed by atoms with E-state index in [1.807, 2.05) is 0 Å². The molecular weight excluding hydrogens is 292 g/mol. The van der Waals surface area contributed by atoms with E-state index in [0.717, 1.165) is 25.3 Å². The summed E-state index contributed by atoms with van der Waals surface area (Å²) in [5.74, 6) is 0. The van der Waals surface area contributed by atoms with Crippen LogP contribution in [0.25, 0.3) is 10.9 Å². The van der Waals surface area contributed by atoms with E-state index in [-0.39, 0.29) is 16.7 Å². The summed E-state index contributed by atoms with van der Waals surface area (Å²) in [6.45, 7) is 5.44. The van der Waals surface area contributed by atoms with Crippen LogP contribution >= 0.6 is 0 Å². The molecule has 6 heteroatoms. The highest BCUT2D eigenvalue weighted by atomic mass is 16.6. The molecule has 1 unspecified atom stereocenters. The number of anilines is 1. The molecule has 1 aliphatic rings. The molecule has 6 nitrogen and oxygen atoms in total. The van der Waals surface area contributed by atoms with Crippen molar-refractivity contribution in [3.05, 3.63) is 40.6 Å². The van der Waals surface area contributed by atoms with Gasteiger partial charge in [-0.05, 0) is 51.1 Å². The van der Waals surface area contributed by atoms with Gasteiger partial charge >= 0.3 is 0 Å². The summed E-state index contributed by atoms with van der Waals surface area (Å²) in [5, 5.41) is 15.2. The first-order chi connectivity index (χ1) is 11.1. The second-order valence-corrected chi connectivity index (χ2v) is 6.20. The fourth-order valence-electron chi connectivity index (χ4n) is 3.27. The van der Waals surface area contributed by atoms with E-state index < -0.39 is 0 Å². The number of nitro groups is 1. The van der Waals surface area contributed by atoms with Gasteiger partial charge in [0.2, 0.25) is 0 Å². The Morgan fingerprint density at radius 2 is 2.09 bits per heavy atom. The average molecular weight is 314 g/mol. The van der Waals surface area contributed by atoms with E-state index >= 15 is 0 Å². The van der Waals surface area contributed by atoms with Crippen LogP contribution in [0, 0.1) is 10.1 Å². The first kappa shape index (κ1) is 15.7. The Morgan fingerprint density at radius 3 is 2.83 bits per heavy atom. The molecule has 0 saturated carbocycles. The van der Waals surface area contributed by atoms with Crippen molar-refractivity contribution in [3.8, 4) is 0 Å². The van der Waals surface area contributed by atoms with Crippen molar-refractivity contribution in [3.63, 3.8) is 0 Å². The van der Waals surface area contributed by atoms with E-state index in [1.54, 1.807) is 30.5 Å². The summed E-state index contributed by atoms with van der Waals surface area (Å²) in [5.41, 5.74) is 1.62. The number of non-ortho nitro benzene ring substituents is 1. The Bertz CT molecular complexity index is 698. The van der Waals surface area contributed by atoms with E-state index in [9.17, 15) is 10.1 Å². The van der Waals surface area contributed by atoms with Crippen molar-refractivity contribution in [2.75, 3.05) is 25.0 Å². The molecule has 2 heterocycles. The number of hydrogen-bond donors (Lipinski definition) is 1. The van der Waals surface area contributed by atoms with Gasteiger partial charge in [0.05, 0.1) is 16.0 Å². The van der Waals surface area contributed by atoms with Gasteiger partial charge in [0, 0.05) is 24.8 Å². The molecule has 1 aromatic carbocycles. The molecule has 0 amide bonds. The summed E-state index contributed by atoms with van der Waals surface area (Å²) in [6, 6.07) is 7.07. The molecule has 1 saturated heterocycles. The number of benzene rings is 1. The van der Waals surface area contributed by atoms with Crippen LogP contribution in [0.1, 0.15) is 26.2 Å². The van der Waals surface area contributed by atoms with Gasteiger partial charge in [-0.1, -0.05) is 6.42 Å². The molecule has 23 heavy (non-hydrogen) atoms. The number of piperidine rings is 1. The third kappa shape index (κ3) is 3.59.